The van der Waals surface area contributed by atoms with Gasteiger partial charge in [-0.15, -0.1) is 23.1 Å². The topological polar surface area (TPSA) is 236 Å². The Morgan fingerprint density at radius 1 is 1.47 bits per heavy atom. The molecular formula is C14H14N5NaO9S3. The molecule has 0 unspecified atom stereocenters. The van der Waals surface area contributed by atoms with Crippen LogP contribution in [0.15, 0.2) is 34.5 Å². The van der Waals surface area contributed by atoms with Gasteiger partial charge < -0.3 is 25.9 Å². The number of aliphatic carboxylic acids is 1. The number of fused-ring (bicyclic) bond motifs is 1. The Hall–Kier alpha value is -1.99. The molecule has 3 heterocycles. The summed E-state index contributed by atoms with van der Waals surface area (Å²) in [6, 6.07) is -0.944. The number of thioether (sulfide) groups is 1. The molecular weight excluding hydrogens is 501 g/mol. The monoisotopic (exact) mass is 515 g/mol. The molecule has 0 radical (unpaired) electrons. The van der Waals surface area contributed by atoms with Gasteiger partial charge in [0.2, 0.25) is 10.4 Å². The van der Waals surface area contributed by atoms with Gasteiger partial charge in [0, 0.05) is 11.1 Å². The first-order valence-electron chi connectivity index (χ1n) is 7.85. The number of carboxylic acid groups (broad SMARTS) is 1. The van der Waals surface area contributed by atoms with Gasteiger partial charge in [-0.05, 0) is 5.57 Å². The Morgan fingerprint density at radius 3 is 2.50 bits per heavy atom. The molecule has 1 fully saturated rings. The molecule has 18 heteroatoms. The summed E-state index contributed by atoms with van der Waals surface area (Å²) in [5, 5.41) is 24.9. The molecule has 0 spiro atoms. The van der Waals surface area contributed by atoms with E-state index in [1.807, 2.05) is 0 Å². The molecule has 32 heavy (non-hydrogen) atoms. The predicted octanol–water partition coefficient (Wildman–Crippen LogP) is -4.16. The molecule has 14 nitrogen and oxygen atoms in total. The third-order valence-corrected chi connectivity index (χ3v) is 5.79. The van der Waals surface area contributed by atoms with Gasteiger partial charge in [-0.1, -0.05) is 17.8 Å². The molecule has 1 aromatic rings. The van der Waals surface area contributed by atoms with Crippen LogP contribution in [0.5, 0.6) is 0 Å². The van der Waals surface area contributed by atoms with Gasteiger partial charge in [-0.2, -0.15) is 0 Å². The van der Waals surface area contributed by atoms with Crippen LogP contribution in [0, 0.1) is 0 Å². The Balaban J connectivity index is 0.000000770. The number of thiazole rings is 1. The fourth-order valence-electron chi connectivity index (χ4n) is 2.62. The second kappa shape index (κ2) is 11.2. The van der Waals surface area contributed by atoms with Crippen LogP contribution in [0.3, 0.4) is 0 Å². The average molecular weight is 515 g/mol. The number of nitrogens with zero attached hydrogens (tertiary/aromatic N) is 3. The van der Waals surface area contributed by atoms with Gasteiger partial charge >= 0.3 is 35.5 Å². The van der Waals surface area contributed by atoms with E-state index in [1.165, 1.54) is 23.2 Å². The van der Waals surface area contributed by atoms with Crippen molar-refractivity contribution in [2.75, 3.05) is 11.5 Å². The number of allylic oxidation sites excluding steroid dienone is 1. The smallest absolute Gasteiger partial charge is 0.726 e. The number of aromatic nitrogens is 1. The molecule has 2 atom stereocenters. The molecule has 2 aliphatic rings. The van der Waals surface area contributed by atoms with Crippen LogP contribution >= 0.6 is 23.1 Å². The molecule has 0 aromatic carbocycles. The van der Waals surface area contributed by atoms with Crippen molar-refractivity contribution in [2.24, 2.45) is 5.16 Å². The van der Waals surface area contributed by atoms with E-state index < -0.39 is 39.6 Å². The summed E-state index contributed by atoms with van der Waals surface area (Å²) in [6.45, 7) is 3.56. The van der Waals surface area contributed by atoms with Crippen molar-refractivity contribution in [1.82, 2.24) is 15.2 Å². The summed E-state index contributed by atoms with van der Waals surface area (Å²) in [6.07, 6.45) is 1.40. The maximum absolute atomic E-state index is 12.4. The number of rotatable bonds is 5. The number of hydrogen-bond donors (Lipinski definition) is 5. The molecule has 1 saturated heterocycles. The van der Waals surface area contributed by atoms with Gasteiger partial charge in [-0.25, -0.2) is 18.2 Å². The zero-order valence-electron chi connectivity index (χ0n) is 16.2. The van der Waals surface area contributed by atoms with Crippen LogP contribution < -0.4 is 40.6 Å². The van der Waals surface area contributed by atoms with Gasteiger partial charge in [0.1, 0.15) is 22.8 Å². The van der Waals surface area contributed by atoms with E-state index in [2.05, 4.69) is 22.0 Å². The van der Waals surface area contributed by atoms with Gasteiger partial charge in [-0.3, -0.25) is 19.0 Å². The summed E-state index contributed by atoms with van der Waals surface area (Å²) in [5.41, 5.74) is 5.49. The Morgan fingerprint density at radius 2 is 2.06 bits per heavy atom. The molecule has 1 aromatic heterocycles. The summed E-state index contributed by atoms with van der Waals surface area (Å²) in [4.78, 5) is 41.2. The summed E-state index contributed by atoms with van der Waals surface area (Å²) in [5.74, 6) is -2.27. The Bertz CT molecular complexity index is 1090. The molecule has 0 bridgehead atoms. The second-order valence-electron chi connectivity index (χ2n) is 5.69. The first kappa shape index (κ1) is 28.0. The Labute approximate surface area is 211 Å². The van der Waals surface area contributed by atoms with Crippen molar-refractivity contribution in [3.05, 3.63) is 35.0 Å². The maximum Gasteiger partial charge on any atom is 1.00 e. The van der Waals surface area contributed by atoms with E-state index in [-0.39, 0.29) is 51.8 Å². The Kier molecular flexibility index (Phi) is 9.85. The van der Waals surface area contributed by atoms with Crippen molar-refractivity contribution in [3.63, 3.8) is 0 Å². The minimum Gasteiger partial charge on any atom is -0.726 e. The van der Waals surface area contributed by atoms with Gasteiger partial charge in [0.05, 0.1) is 0 Å². The number of nitrogens with two attached hydrogens (primary N) is 1. The van der Waals surface area contributed by atoms with E-state index in [9.17, 15) is 19.5 Å². The average Bonchev–Trinajstić information content (AvgIpc) is 3.09. The van der Waals surface area contributed by atoms with E-state index in [0.717, 1.165) is 16.2 Å². The number of carbonyl (C=O) groups is 3. The second-order valence-corrected chi connectivity index (χ2v) is 8.54. The van der Waals surface area contributed by atoms with Crippen LogP contribution in [0.2, 0.25) is 0 Å². The number of carboxylic acids is 1. The van der Waals surface area contributed by atoms with Crippen LogP contribution in [0.1, 0.15) is 5.69 Å². The number of nitrogen functional groups attached to an aromatic ring is 1. The zero-order chi connectivity index (χ0) is 23.5. The van der Waals surface area contributed by atoms with Crippen LogP contribution in [-0.4, -0.2) is 78.4 Å². The minimum absolute atomic E-state index is 0. The zero-order valence-corrected chi connectivity index (χ0v) is 20.6. The van der Waals surface area contributed by atoms with Crippen molar-refractivity contribution < 1.29 is 71.8 Å². The molecule has 6 N–H and O–H groups in total. The third kappa shape index (κ3) is 6.51. The first-order chi connectivity index (χ1) is 14.4. The first-order valence-corrected chi connectivity index (χ1v) is 11.1. The predicted molar refractivity (Wildman–Crippen MR) is 107 cm³/mol. The molecule has 168 valence electrons. The SMILES string of the molecule is C=CC1=C(C(=O)O)N2C(=O)[C@@H](NC(=O)C(=NO)c3csc(N)n3)[C@H]2SC1.O=S(=O)([O-])O.[Na+]. The normalized spacial score (nSPS) is 20.1. The van der Waals surface area contributed by atoms with Crippen molar-refractivity contribution in [3.8, 4) is 0 Å². The van der Waals surface area contributed by atoms with Crippen LogP contribution in [-0.2, 0) is 24.8 Å². The molecule has 2 amide bonds. The number of hydrogen-bond acceptors (Lipinski definition) is 12. The van der Waals surface area contributed by atoms with Gasteiger partial charge in [0.25, 0.3) is 11.8 Å². The molecule has 0 saturated carbocycles. The minimum atomic E-state index is -4.92. The van der Waals surface area contributed by atoms with E-state index in [4.69, 9.17) is 28.5 Å². The number of oxime groups is 1. The quantitative estimate of drug-likeness (QED) is 0.0478. The van der Waals surface area contributed by atoms with E-state index in [0.29, 0.717) is 11.3 Å². The molecule has 2 aliphatic heterocycles. The number of carbonyl (C=O) groups excluding carboxylic acids is 2. The van der Waals surface area contributed by atoms with E-state index in [1.54, 1.807) is 0 Å². The summed E-state index contributed by atoms with van der Waals surface area (Å²) >= 11 is 2.37. The van der Waals surface area contributed by atoms with E-state index >= 15 is 0 Å². The largest absolute Gasteiger partial charge is 1.00 e. The number of amides is 2. The summed E-state index contributed by atoms with van der Waals surface area (Å²) in [7, 11) is -4.92. The number of β-lactam (4-membered cyclic amide) rings is 1. The molecule has 3 rings (SSSR count). The summed E-state index contributed by atoms with van der Waals surface area (Å²) < 4.78 is 32.8. The van der Waals surface area contributed by atoms with Crippen molar-refractivity contribution in [2.45, 2.75) is 11.4 Å². The van der Waals surface area contributed by atoms with Crippen LogP contribution in [0.25, 0.3) is 0 Å². The van der Waals surface area contributed by atoms with Gasteiger partial charge in [0.15, 0.2) is 10.8 Å². The molecule has 0 aliphatic carbocycles. The fraction of sp³-hybridized carbons (Fsp3) is 0.214. The van der Waals surface area contributed by atoms with Crippen LogP contribution in [0.4, 0.5) is 5.13 Å². The number of nitrogens with one attached hydrogen (secondary N) is 1. The standard InChI is InChI=1S/C14H13N5O5S2.Na.H2O4S/c1-2-5-3-25-12-8(11(21)19(12)9(5)13(22)23)17-10(20)7(18-24)6-4-26-14(15)16-6;;1-5(2,3)4/h2,4,8,12,24H,1,3H2,(H2,15,16)(H,17,20)(H,22,23);;(H2,1,2,3,4)/q;+1;/p-1/t8-,12-;;/m1../s1. The van der Waals surface area contributed by atoms with Crippen molar-refractivity contribution in [1.29, 1.82) is 0 Å². The third-order valence-electron chi connectivity index (χ3n) is 3.81. The fourth-order valence-corrected chi connectivity index (χ4v) is 4.51. The number of anilines is 1. The maximum atomic E-state index is 12.4. The van der Waals surface area contributed by atoms with Crippen molar-refractivity contribution >= 4 is 62.1 Å².